The molecule has 1 unspecified atom stereocenters. The second-order valence-electron chi connectivity index (χ2n) is 8.43. The summed E-state index contributed by atoms with van der Waals surface area (Å²) < 4.78 is 13.6. The highest BCUT2D eigenvalue weighted by Gasteiger charge is 2.51. The van der Waals surface area contributed by atoms with E-state index < -0.39 is 0 Å². The molecule has 0 spiro atoms. The number of hydrogen-bond acceptors (Lipinski definition) is 3. The SMILES string of the molecule is CC1(C)OB(CC(c2ccccc2)c2ccc3cccc(Br)c3n2)OC1(C)C. The summed E-state index contributed by atoms with van der Waals surface area (Å²) in [6, 6.07) is 20.9. The van der Waals surface area contributed by atoms with Gasteiger partial charge >= 0.3 is 7.12 Å². The first kappa shape index (κ1) is 19.6. The Morgan fingerprint density at radius 1 is 0.893 bits per heavy atom. The molecule has 4 rings (SSSR count). The normalized spacial score (nSPS) is 19.1. The first-order chi connectivity index (χ1) is 13.3. The quantitative estimate of drug-likeness (QED) is 0.454. The minimum Gasteiger partial charge on any atom is -0.403 e. The fourth-order valence-electron chi connectivity index (χ4n) is 3.69. The highest BCUT2D eigenvalue weighted by molar-refractivity contribution is 9.10. The molecule has 2 heterocycles. The molecule has 0 aliphatic carbocycles. The van der Waals surface area contributed by atoms with E-state index in [0.29, 0.717) is 0 Å². The molecule has 0 radical (unpaired) electrons. The van der Waals surface area contributed by atoms with Crippen LogP contribution in [0.25, 0.3) is 10.9 Å². The Bertz CT molecular complexity index is 974. The molecule has 1 atom stereocenters. The molecule has 0 amide bonds. The lowest BCUT2D eigenvalue weighted by Crippen LogP contribution is -2.41. The van der Waals surface area contributed by atoms with Gasteiger partial charge in [-0.05, 0) is 67.6 Å². The van der Waals surface area contributed by atoms with Gasteiger partial charge in [-0.15, -0.1) is 0 Å². The largest absolute Gasteiger partial charge is 0.458 e. The Balaban J connectivity index is 1.72. The number of para-hydroxylation sites is 1. The molecule has 1 saturated heterocycles. The van der Waals surface area contributed by atoms with E-state index in [-0.39, 0.29) is 24.2 Å². The van der Waals surface area contributed by atoms with Crippen molar-refractivity contribution in [3.63, 3.8) is 0 Å². The predicted octanol–water partition coefficient (Wildman–Crippen LogP) is 6.22. The van der Waals surface area contributed by atoms with Crippen LogP contribution in [0.15, 0.2) is 65.1 Å². The molecular weight excluding hydrogens is 413 g/mol. The van der Waals surface area contributed by atoms with Crippen LogP contribution in [0.2, 0.25) is 6.32 Å². The Labute approximate surface area is 175 Å². The van der Waals surface area contributed by atoms with E-state index in [1.54, 1.807) is 0 Å². The Morgan fingerprint density at radius 2 is 1.57 bits per heavy atom. The third kappa shape index (κ3) is 3.63. The second-order valence-corrected chi connectivity index (χ2v) is 9.29. The average molecular weight is 438 g/mol. The number of rotatable bonds is 4. The van der Waals surface area contributed by atoms with Gasteiger partial charge in [0.15, 0.2) is 0 Å². The zero-order valence-corrected chi connectivity index (χ0v) is 18.4. The number of fused-ring (bicyclic) bond motifs is 1. The van der Waals surface area contributed by atoms with Crippen molar-refractivity contribution in [2.45, 2.75) is 51.1 Å². The molecule has 2 aromatic carbocycles. The van der Waals surface area contributed by atoms with E-state index in [0.717, 1.165) is 27.4 Å². The molecule has 0 saturated carbocycles. The topological polar surface area (TPSA) is 31.4 Å². The van der Waals surface area contributed by atoms with E-state index in [1.807, 2.05) is 18.2 Å². The number of nitrogens with zero attached hydrogens (tertiary/aromatic N) is 1. The van der Waals surface area contributed by atoms with E-state index in [2.05, 4.69) is 86.1 Å². The zero-order chi connectivity index (χ0) is 19.9. The maximum Gasteiger partial charge on any atom is 0.458 e. The Kier molecular flexibility index (Phi) is 5.11. The van der Waals surface area contributed by atoms with Gasteiger partial charge in [0.2, 0.25) is 0 Å². The van der Waals surface area contributed by atoms with Crippen molar-refractivity contribution in [2.75, 3.05) is 0 Å². The first-order valence-corrected chi connectivity index (χ1v) is 10.5. The van der Waals surface area contributed by atoms with Crippen LogP contribution < -0.4 is 0 Å². The maximum absolute atomic E-state index is 6.29. The number of pyridine rings is 1. The van der Waals surface area contributed by atoms with E-state index in [1.165, 1.54) is 5.56 Å². The summed E-state index contributed by atoms with van der Waals surface area (Å²) in [5, 5.41) is 1.13. The van der Waals surface area contributed by atoms with Crippen LogP contribution in [0, 0.1) is 0 Å². The lowest BCUT2D eigenvalue weighted by Gasteiger charge is -2.32. The summed E-state index contributed by atoms with van der Waals surface area (Å²) in [5.74, 6) is 0.0902. The fourth-order valence-corrected chi connectivity index (χ4v) is 4.16. The summed E-state index contributed by atoms with van der Waals surface area (Å²) in [6.45, 7) is 8.37. The minimum absolute atomic E-state index is 0.0902. The van der Waals surface area contributed by atoms with Crippen molar-refractivity contribution in [3.05, 3.63) is 76.4 Å². The monoisotopic (exact) mass is 437 g/mol. The number of benzene rings is 2. The predicted molar refractivity (Wildman–Crippen MR) is 119 cm³/mol. The smallest absolute Gasteiger partial charge is 0.403 e. The molecule has 1 fully saturated rings. The highest BCUT2D eigenvalue weighted by atomic mass is 79.9. The average Bonchev–Trinajstić information content (AvgIpc) is 2.87. The van der Waals surface area contributed by atoms with Gasteiger partial charge in [-0.25, -0.2) is 0 Å². The van der Waals surface area contributed by atoms with Crippen molar-refractivity contribution in [1.82, 2.24) is 4.98 Å². The minimum atomic E-state index is -0.335. The molecule has 1 aliphatic rings. The van der Waals surface area contributed by atoms with Crippen molar-refractivity contribution in [2.24, 2.45) is 0 Å². The lowest BCUT2D eigenvalue weighted by molar-refractivity contribution is 0.00578. The molecule has 3 aromatic rings. The third-order valence-corrected chi connectivity index (χ3v) is 6.62. The van der Waals surface area contributed by atoms with Crippen molar-refractivity contribution in [1.29, 1.82) is 0 Å². The van der Waals surface area contributed by atoms with Gasteiger partial charge in [0.25, 0.3) is 0 Å². The number of halogens is 1. The van der Waals surface area contributed by atoms with Crippen LogP contribution in [0.3, 0.4) is 0 Å². The van der Waals surface area contributed by atoms with Gasteiger partial charge in [0.1, 0.15) is 0 Å². The van der Waals surface area contributed by atoms with Crippen LogP contribution in [0.1, 0.15) is 44.9 Å². The van der Waals surface area contributed by atoms with Gasteiger partial charge in [-0.3, -0.25) is 4.98 Å². The van der Waals surface area contributed by atoms with E-state index in [9.17, 15) is 0 Å². The van der Waals surface area contributed by atoms with Crippen molar-refractivity contribution in [3.8, 4) is 0 Å². The summed E-state index contributed by atoms with van der Waals surface area (Å²) in [7, 11) is -0.271. The van der Waals surface area contributed by atoms with Crippen LogP contribution in [0.5, 0.6) is 0 Å². The van der Waals surface area contributed by atoms with Gasteiger partial charge in [-0.1, -0.05) is 48.5 Å². The molecule has 1 aromatic heterocycles. The molecule has 144 valence electrons. The molecule has 28 heavy (non-hydrogen) atoms. The van der Waals surface area contributed by atoms with E-state index >= 15 is 0 Å². The Morgan fingerprint density at radius 3 is 2.25 bits per heavy atom. The van der Waals surface area contributed by atoms with Crippen LogP contribution in [-0.2, 0) is 9.31 Å². The fraction of sp³-hybridized carbons (Fsp3) is 0.348. The molecule has 5 heteroatoms. The van der Waals surface area contributed by atoms with Crippen LogP contribution >= 0.6 is 15.9 Å². The van der Waals surface area contributed by atoms with Gasteiger partial charge in [0, 0.05) is 21.5 Å². The maximum atomic E-state index is 6.29. The summed E-state index contributed by atoms with van der Waals surface area (Å²) in [5.41, 5.74) is 2.56. The first-order valence-electron chi connectivity index (χ1n) is 9.73. The summed E-state index contributed by atoms with van der Waals surface area (Å²) in [4.78, 5) is 5.01. The van der Waals surface area contributed by atoms with Crippen molar-refractivity contribution < 1.29 is 9.31 Å². The standard InChI is InChI=1S/C23H25BBrNO2/c1-22(2)23(3,4)28-24(27-22)15-18(16-9-6-5-7-10-16)20-14-13-17-11-8-12-19(25)21(17)26-20/h5-14,18H,15H2,1-4H3. The van der Waals surface area contributed by atoms with E-state index in [4.69, 9.17) is 14.3 Å². The molecular formula is C23H25BBrNO2. The molecule has 1 aliphatic heterocycles. The molecule has 3 nitrogen and oxygen atoms in total. The number of aromatic nitrogens is 1. The Hall–Kier alpha value is -1.69. The highest BCUT2D eigenvalue weighted by Crippen LogP contribution is 2.41. The molecule has 0 bridgehead atoms. The van der Waals surface area contributed by atoms with Crippen molar-refractivity contribution >= 4 is 34.0 Å². The number of hydrogen-bond donors (Lipinski definition) is 0. The van der Waals surface area contributed by atoms with Gasteiger partial charge in [0.05, 0.1) is 16.7 Å². The van der Waals surface area contributed by atoms with Crippen LogP contribution in [0.4, 0.5) is 0 Å². The lowest BCUT2D eigenvalue weighted by atomic mass is 9.73. The molecule has 0 N–H and O–H groups in total. The summed E-state index contributed by atoms with van der Waals surface area (Å²) in [6.07, 6.45) is 0.722. The van der Waals surface area contributed by atoms with Gasteiger partial charge in [-0.2, -0.15) is 0 Å². The zero-order valence-electron chi connectivity index (χ0n) is 16.8. The third-order valence-electron chi connectivity index (χ3n) is 5.98. The second kappa shape index (κ2) is 7.29. The van der Waals surface area contributed by atoms with Crippen LogP contribution in [-0.4, -0.2) is 23.3 Å². The van der Waals surface area contributed by atoms with Gasteiger partial charge < -0.3 is 9.31 Å². The summed E-state index contributed by atoms with van der Waals surface area (Å²) >= 11 is 3.64.